The molecule has 170 valence electrons. The van der Waals surface area contributed by atoms with Crippen molar-refractivity contribution in [2.24, 2.45) is 0 Å². The smallest absolute Gasteiger partial charge is 0.196 e. The molecule has 8 heteroatoms. The van der Waals surface area contributed by atoms with E-state index in [1.807, 2.05) is 54.8 Å². The lowest BCUT2D eigenvalue weighted by molar-refractivity contribution is 0.102. The largest absolute Gasteiger partial charge is 0.383 e. The summed E-state index contributed by atoms with van der Waals surface area (Å²) in [6.07, 6.45) is 0. The summed E-state index contributed by atoms with van der Waals surface area (Å²) in [4.78, 5) is 13.1. The van der Waals surface area contributed by atoms with Crippen molar-refractivity contribution in [1.29, 1.82) is 0 Å². The average Bonchev–Trinajstić information content (AvgIpc) is 3.38. The Kier molecular flexibility index (Phi) is 7.05. The Bertz CT molecular complexity index is 1250. The number of benzene rings is 2. The van der Waals surface area contributed by atoms with Gasteiger partial charge in [0.1, 0.15) is 5.82 Å². The molecular weight excluding hydrogens is 439 g/mol. The highest BCUT2D eigenvalue weighted by molar-refractivity contribution is 7.99. The van der Waals surface area contributed by atoms with Gasteiger partial charge in [-0.1, -0.05) is 30.0 Å². The highest BCUT2D eigenvalue weighted by Crippen LogP contribution is 2.29. The summed E-state index contributed by atoms with van der Waals surface area (Å²) in [7, 11) is 1.67. The van der Waals surface area contributed by atoms with Gasteiger partial charge in [-0.2, -0.15) is 0 Å². The van der Waals surface area contributed by atoms with Crippen molar-refractivity contribution in [2.45, 2.75) is 25.5 Å². The molecular formula is C25H25FN4O2S. The molecule has 2 aromatic heterocycles. The molecule has 0 atom stereocenters. The highest BCUT2D eigenvalue weighted by atomic mass is 32.2. The van der Waals surface area contributed by atoms with Gasteiger partial charge in [0.25, 0.3) is 0 Å². The number of hydrogen-bond donors (Lipinski definition) is 0. The Labute approximate surface area is 196 Å². The van der Waals surface area contributed by atoms with Crippen molar-refractivity contribution in [3.8, 4) is 17.1 Å². The molecule has 0 bridgehead atoms. The lowest BCUT2D eigenvalue weighted by Gasteiger charge is -2.10. The van der Waals surface area contributed by atoms with Crippen molar-refractivity contribution in [3.63, 3.8) is 0 Å². The van der Waals surface area contributed by atoms with Gasteiger partial charge in [-0.3, -0.25) is 9.36 Å². The molecule has 0 radical (unpaired) electrons. The van der Waals surface area contributed by atoms with Crippen LogP contribution in [0.1, 0.15) is 21.7 Å². The van der Waals surface area contributed by atoms with Gasteiger partial charge >= 0.3 is 0 Å². The third kappa shape index (κ3) is 4.91. The average molecular weight is 465 g/mol. The second-order valence-electron chi connectivity index (χ2n) is 7.63. The molecule has 0 aliphatic carbocycles. The molecule has 0 aliphatic rings. The normalized spacial score (nSPS) is 11.2. The molecule has 33 heavy (non-hydrogen) atoms. The molecule has 4 rings (SSSR count). The number of para-hydroxylation sites is 1. The Balaban J connectivity index is 1.61. The molecule has 6 nitrogen and oxygen atoms in total. The van der Waals surface area contributed by atoms with E-state index in [1.165, 1.54) is 23.9 Å². The van der Waals surface area contributed by atoms with Crippen LogP contribution < -0.4 is 0 Å². The Hall–Kier alpha value is -3.23. The van der Waals surface area contributed by atoms with Crippen LogP contribution in [0.5, 0.6) is 0 Å². The van der Waals surface area contributed by atoms with Crippen LogP contribution in [0.4, 0.5) is 4.39 Å². The van der Waals surface area contributed by atoms with Gasteiger partial charge < -0.3 is 9.30 Å². The molecule has 2 heterocycles. The molecule has 0 saturated carbocycles. The van der Waals surface area contributed by atoms with E-state index in [2.05, 4.69) is 14.8 Å². The van der Waals surface area contributed by atoms with Gasteiger partial charge in [-0.25, -0.2) is 4.39 Å². The fraction of sp³-hybridized carbons (Fsp3) is 0.240. The van der Waals surface area contributed by atoms with Crippen LogP contribution in [0.25, 0.3) is 17.1 Å². The van der Waals surface area contributed by atoms with Crippen LogP contribution in [0, 0.1) is 19.7 Å². The van der Waals surface area contributed by atoms with Gasteiger partial charge in [0.05, 0.1) is 12.4 Å². The second kappa shape index (κ2) is 10.1. The molecule has 0 N–H and O–H groups in total. The zero-order chi connectivity index (χ0) is 23.4. The minimum absolute atomic E-state index is 0.0303. The van der Waals surface area contributed by atoms with E-state index in [1.54, 1.807) is 19.2 Å². The Morgan fingerprint density at radius 2 is 1.79 bits per heavy atom. The minimum Gasteiger partial charge on any atom is -0.383 e. The van der Waals surface area contributed by atoms with E-state index in [0.717, 1.165) is 22.6 Å². The number of methoxy groups -OCH3 is 1. The first-order valence-corrected chi connectivity index (χ1v) is 11.6. The summed E-state index contributed by atoms with van der Waals surface area (Å²) in [5.74, 6) is 0.535. The maximum atomic E-state index is 13.4. The van der Waals surface area contributed by atoms with Crippen molar-refractivity contribution in [3.05, 3.63) is 83.4 Å². The number of halogens is 1. The summed E-state index contributed by atoms with van der Waals surface area (Å²) in [6.45, 7) is 5.25. The number of Topliss-reactive ketones (excluding diaryl/α,β-unsaturated/α-hetero) is 1. The van der Waals surface area contributed by atoms with Crippen molar-refractivity contribution >= 4 is 17.5 Å². The van der Waals surface area contributed by atoms with Crippen molar-refractivity contribution in [1.82, 2.24) is 19.3 Å². The Morgan fingerprint density at radius 3 is 2.48 bits per heavy atom. The molecule has 0 amide bonds. The number of ketones is 1. The highest BCUT2D eigenvalue weighted by Gasteiger charge is 2.20. The molecule has 0 unspecified atom stereocenters. The van der Waals surface area contributed by atoms with Gasteiger partial charge in [0, 0.05) is 41.9 Å². The van der Waals surface area contributed by atoms with E-state index in [4.69, 9.17) is 4.74 Å². The third-order valence-electron chi connectivity index (χ3n) is 5.48. The minimum atomic E-state index is -0.312. The first-order chi connectivity index (χ1) is 16.0. The standard InChI is InChI=1S/C25H25FN4O2S/c1-17-15-22(18(2)29(17)13-14-32-3)23(31)16-33-25-28-27-24(19-9-11-20(26)12-10-19)30(25)21-7-5-4-6-8-21/h4-12,15H,13-14,16H2,1-3H3. The number of rotatable bonds is 9. The predicted octanol–water partition coefficient (Wildman–Crippen LogP) is 5.11. The second-order valence-corrected chi connectivity index (χ2v) is 8.57. The van der Waals surface area contributed by atoms with E-state index in [0.29, 0.717) is 29.7 Å². The lowest BCUT2D eigenvalue weighted by atomic mass is 10.2. The zero-order valence-electron chi connectivity index (χ0n) is 18.8. The number of thioether (sulfide) groups is 1. The maximum absolute atomic E-state index is 13.4. The number of aryl methyl sites for hydroxylation is 1. The number of aromatic nitrogens is 4. The monoisotopic (exact) mass is 464 g/mol. The molecule has 0 saturated heterocycles. The summed E-state index contributed by atoms with van der Waals surface area (Å²) >= 11 is 1.34. The number of ether oxygens (including phenoxy) is 1. The van der Waals surface area contributed by atoms with Crippen molar-refractivity contribution < 1.29 is 13.9 Å². The molecule has 0 aliphatic heterocycles. The first-order valence-electron chi connectivity index (χ1n) is 10.6. The van der Waals surface area contributed by atoms with Gasteiger partial charge in [-0.15, -0.1) is 10.2 Å². The maximum Gasteiger partial charge on any atom is 0.196 e. The fourth-order valence-corrected chi connectivity index (χ4v) is 4.61. The summed E-state index contributed by atoms with van der Waals surface area (Å²) < 4.78 is 22.6. The van der Waals surface area contributed by atoms with Crippen LogP contribution in [-0.2, 0) is 11.3 Å². The molecule has 0 spiro atoms. The van der Waals surface area contributed by atoms with E-state index in [9.17, 15) is 9.18 Å². The third-order valence-corrected chi connectivity index (χ3v) is 6.40. The molecule has 0 fully saturated rings. The zero-order valence-corrected chi connectivity index (χ0v) is 19.6. The first kappa shape index (κ1) is 22.9. The summed E-state index contributed by atoms with van der Waals surface area (Å²) in [5, 5.41) is 9.30. The predicted molar refractivity (Wildman–Crippen MR) is 128 cm³/mol. The number of hydrogen-bond acceptors (Lipinski definition) is 5. The van der Waals surface area contributed by atoms with Crippen LogP contribution in [0.2, 0.25) is 0 Å². The van der Waals surface area contributed by atoms with Gasteiger partial charge in [0.15, 0.2) is 16.8 Å². The fourth-order valence-electron chi connectivity index (χ4n) is 3.78. The summed E-state index contributed by atoms with van der Waals surface area (Å²) in [6, 6.07) is 17.8. The Morgan fingerprint density at radius 1 is 1.06 bits per heavy atom. The van der Waals surface area contributed by atoms with Crippen LogP contribution in [0.15, 0.2) is 65.8 Å². The van der Waals surface area contributed by atoms with E-state index >= 15 is 0 Å². The number of carbonyl (C=O) groups is 1. The lowest BCUT2D eigenvalue weighted by Crippen LogP contribution is -2.10. The van der Waals surface area contributed by atoms with Gasteiger partial charge in [-0.05, 0) is 56.3 Å². The topological polar surface area (TPSA) is 61.9 Å². The van der Waals surface area contributed by atoms with E-state index < -0.39 is 0 Å². The van der Waals surface area contributed by atoms with Crippen LogP contribution >= 0.6 is 11.8 Å². The molecule has 2 aromatic carbocycles. The van der Waals surface area contributed by atoms with Crippen LogP contribution in [0.3, 0.4) is 0 Å². The SMILES string of the molecule is COCCn1c(C)cc(C(=O)CSc2nnc(-c3ccc(F)cc3)n2-c2ccccc2)c1C. The quantitative estimate of drug-likeness (QED) is 0.254. The number of nitrogens with zero attached hydrogens (tertiary/aromatic N) is 4. The van der Waals surface area contributed by atoms with Crippen LogP contribution in [-0.4, -0.2) is 44.6 Å². The van der Waals surface area contributed by atoms with Crippen molar-refractivity contribution in [2.75, 3.05) is 19.5 Å². The summed E-state index contributed by atoms with van der Waals surface area (Å²) in [5.41, 5.74) is 4.29. The van der Waals surface area contributed by atoms with E-state index in [-0.39, 0.29) is 17.4 Å². The number of carbonyl (C=O) groups excluding carboxylic acids is 1. The van der Waals surface area contributed by atoms with Gasteiger partial charge in [0.2, 0.25) is 0 Å². The molecule has 4 aromatic rings.